The number of hydrogen-bond donors (Lipinski definition) is 0. The van der Waals surface area contributed by atoms with Crippen molar-refractivity contribution >= 4 is 5.97 Å². The van der Waals surface area contributed by atoms with E-state index in [-0.39, 0.29) is 24.1 Å². The Balaban J connectivity index is 2.78. The van der Waals surface area contributed by atoms with Crippen molar-refractivity contribution in [3.05, 3.63) is 48.3 Å². The topological polar surface area (TPSA) is 26.3 Å². The molecule has 0 aromatic heterocycles. The van der Waals surface area contributed by atoms with E-state index in [1.165, 1.54) is 19.2 Å². The average Bonchev–Trinajstić information content (AvgIpc) is 2.27. The summed E-state index contributed by atoms with van der Waals surface area (Å²) in [5.74, 6) is -0.720. The van der Waals surface area contributed by atoms with Crippen molar-refractivity contribution < 1.29 is 13.9 Å². The van der Waals surface area contributed by atoms with Gasteiger partial charge in [0.2, 0.25) is 0 Å². The van der Waals surface area contributed by atoms with Gasteiger partial charge in [0, 0.05) is 5.92 Å². The van der Waals surface area contributed by atoms with Crippen LogP contribution < -0.4 is 0 Å². The van der Waals surface area contributed by atoms with Gasteiger partial charge in [0.1, 0.15) is 5.82 Å². The van der Waals surface area contributed by atoms with Gasteiger partial charge in [-0.2, -0.15) is 0 Å². The van der Waals surface area contributed by atoms with E-state index in [1.54, 1.807) is 18.2 Å². The molecule has 80 valence electrons. The molecule has 0 saturated heterocycles. The highest BCUT2D eigenvalue weighted by Gasteiger charge is 2.12. The monoisotopic (exact) mass is 208 g/mol. The van der Waals surface area contributed by atoms with E-state index in [4.69, 9.17) is 0 Å². The first-order valence-corrected chi connectivity index (χ1v) is 4.62. The predicted octanol–water partition coefficient (Wildman–Crippen LogP) is 2.66. The van der Waals surface area contributed by atoms with Gasteiger partial charge in [-0.05, 0) is 17.7 Å². The Morgan fingerprint density at radius 2 is 2.13 bits per heavy atom. The number of rotatable bonds is 4. The number of hydrogen-bond acceptors (Lipinski definition) is 2. The molecule has 0 radical (unpaired) electrons. The zero-order valence-electron chi connectivity index (χ0n) is 8.57. The van der Waals surface area contributed by atoms with Crippen LogP contribution in [0.2, 0.25) is 0 Å². The predicted molar refractivity (Wildman–Crippen MR) is 56.0 cm³/mol. The van der Waals surface area contributed by atoms with Gasteiger partial charge in [-0.25, -0.2) is 4.39 Å². The lowest BCUT2D eigenvalue weighted by Crippen LogP contribution is -2.06. The Kier molecular flexibility index (Phi) is 4.03. The van der Waals surface area contributed by atoms with Crippen LogP contribution in [0.25, 0.3) is 0 Å². The maximum Gasteiger partial charge on any atom is 0.306 e. The summed E-state index contributed by atoms with van der Waals surface area (Å²) >= 11 is 0. The molecule has 2 nitrogen and oxygen atoms in total. The number of esters is 1. The van der Waals surface area contributed by atoms with Crippen molar-refractivity contribution in [1.29, 1.82) is 0 Å². The van der Waals surface area contributed by atoms with Gasteiger partial charge in [-0.1, -0.05) is 18.2 Å². The van der Waals surface area contributed by atoms with Gasteiger partial charge in [0.05, 0.1) is 13.5 Å². The molecule has 1 rings (SSSR count). The third-order valence-electron chi connectivity index (χ3n) is 2.20. The number of ether oxygens (including phenoxy) is 1. The molecule has 1 aromatic rings. The van der Waals surface area contributed by atoms with Crippen molar-refractivity contribution in [1.82, 2.24) is 0 Å². The van der Waals surface area contributed by atoms with E-state index in [0.717, 1.165) is 5.56 Å². The van der Waals surface area contributed by atoms with Crippen LogP contribution >= 0.6 is 0 Å². The lowest BCUT2D eigenvalue weighted by Gasteiger charge is -2.10. The van der Waals surface area contributed by atoms with Gasteiger partial charge in [-0.15, -0.1) is 6.58 Å². The van der Waals surface area contributed by atoms with Crippen LogP contribution in [0.15, 0.2) is 36.9 Å². The van der Waals surface area contributed by atoms with Crippen molar-refractivity contribution in [2.45, 2.75) is 12.3 Å². The number of allylic oxidation sites excluding steroid dienone is 1. The molecule has 0 aliphatic carbocycles. The van der Waals surface area contributed by atoms with Crippen LogP contribution in [-0.4, -0.2) is 13.1 Å². The molecule has 0 N–H and O–H groups in total. The van der Waals surface area contributed by atoms with E-state index in [0.29, 0.717) is 0 Å². The highest BCUT2D eigenvalue weighted by Crippen LogP contribution is 2.21. The molecule has 0 amide bonds. The second-order valence-electron chi connectivity index (χ2n) is 3.17. The van der Waals surface area contributed by atoms with Crippen LogP contribution in [-0.2, 0) is 9.53 Å². The number of benzene rings is 1. The molecule has 0 spiro atoms. The van der Waals surface area contributed by atoms with Gasteiger partial charge in [-0.3, -0.25) is 4.79 Å². The van der Waals surface area contributed by atoms with Gasteiger partial charge in [0.25, 0.3) is 0 Å². The largest absolute Gasteiger partial charge is 0.469 e. The first-order chi connectivity index (χ1) is 7.17. The molecule has 0 heterocycles. The Labute approximate surface area is 88.4 Å². The SMILES string of the molecule is C=C[C@H](CC(=O)OC)c1ccc(F)cc1. The summed E-state index contributed by atoms with van der Waals surface area (Å²) in [6.07, 6.45) is 1.88. The molecule has 0 bridgehead atoms. The summed E-state index contributed by atoms with van der Waals surface area (Å²) in [5.41, 5.74) is 0.858. The Morgan fingerprint density at radius 3 is 2.60 bits per heavy atom. The minimum absolute atomic E-state index is 0.127. The van der Waals surface area contributed by atoms with Crippen LogP contribution in [0.4, 0.5) is 4.39 Å². The number of carbonyl (C=O) groups excluding carboxylic acids is 1. The van der Waals surface area contributed by atoms with E-state index in [2.05, 4.69) is 11.3 Å². The smallest absolute Gasteiger partial charge is 0.306 e. The minimum Gasteiger partial charge on any atom is -0.469 e. The fraction of sp³-hybridized carbons (Fsp3) is 0.250. The van der Waals surface area contributed by atoms with Crippen molar-refractivity contribution in [2.75, 3.05) is 7.11 Å². The van der Waals surface area contributed by atoms with Gasteiger partial charge in [0.15, 0.2) is 0 Å². The summed E-state index contributed by atoms with van der Waals surface area (Å²) in [7, 11) is 1.34. The Bertz CT molecular complexity index is 343. The second kappa shape index (κ2) is 5.29. The molecule has 0 unspecified atom stereocenters. The quantitative estimate of drug-likeness (QED) is 0.561. The van der Waals surface area contributed by atoms with E-state index in [9.17, 15) is 9.18 Å². The second-order valence-corrected chi connectivity index (χ2v) is 3.17. The maximum absolute atomic E-state index is 12.7. The molecular formula is C12H13FO2. The Morgan fingerprint density at radius 1 is 1.53 bits per heavy atom. The normalized spacial score (nSPS) is 11.9. The summed E-state index contributed by atoms with van der Waals surface area (Å²) in [6, 6.07) is 6.02. The molecule has 0 aliphatic rings. The van der Waals surface area contributed by atoms with Crippen molar-refractivity contribution in [3.63, 3.8) is 0 Å². The van der Waals surface area contributed by atoms with E-state index in [1.807, 2.05) is 0 Å². The van der Waals surface area contributed by atoms with E-state index < -0.39 is 0 Å². The van der Waals surface area contributed by atoms with Crippen LogP contribution in [0.3, 0.4) is 0 Å². The molecular weight excluding hydrogens is 195 g/mol. The molecule has 3 heteroatoms. The molecule has 1 aromatic carbocycles. The molecule has 15 heavy (non-hydrogen) atoms. The zero-order chi connectivity index (χ0) is 11.3. The molecule has 0 saturated carbocycles. The number of methoxy groups -OCH3 is 1. The van der Waals surface area contributed by atoms with Crippen molar-refractivity contribution in [2.24, 2.45) is 0 Å². The maximum atomic E-state index is 12.7. The fourth-order valence-corrected chi connectivity index (χ4v) is 1.31. The van der Waals surface area contributed by atoms with Gasteiger partial charge >= 0.3 is 5.97 Å². The first kappa shape index (κ1) is 11.4. The standard InChI is InChI=1S/C12H13FO2/c1-3-9(8-12(14)15-2)10-4-6-11(13)7-5-10/h3-7,9H,1,8H2,2H3/t9-/m1/s1. The average molecular weight is 208 g/mol. The lowest BCUT2D eigenvalue weighted by atomic mass is 9.96. The summed E-state index contributed by atoms with van der Waals surface area (Å²) in [4.78, 5) is 11.1. The number of halogens is 1. The zero-order valence-corrected chi connectivity index (χ0v) is 8.57. The van der Waals surface area contributed by atoms with Crippen LogP contribution in [0, 0.1) is 5.82 Å². The molecule has 0 aliphatic heterocycles. The third kappa shape index (κ3) is 3.20. The summed E-state index contributed by atoms with van der Waals surface area (Å²) in [5, 5.41) is 0. The highest BCUT2D eigenvalue weighted by atomic mass is 19.1. The fourth-order valence-electron chi connectivity index (χ4n) is 1.31. The summed E-state index contributed by atoms with van der Waals surface area (Å²) < 4.78 is 17.2. The molecule has 0 fully saturated rings. The minimum atomic E-state index is -0.302. The Hall–Kier alpha value is -1.64. The molecule has 1 atom stereocenters. The van der Waals surface area contributed by atoms with Crippen LogP contribution in [0.1, 0.15) is 17.9 Å². The number of carbonyl (C=O) groups is 1. The summed E-state index contributed by atoms with van der Waals surface area (Å²) in [6.45, 7) is 3.65. The third-order valence-corrected chi connectivity index (χ3v) is 2.20. The van der Waals surface area contributed by atoms with Crippen LogP contribution in [0.5, 0.6) is 0 Å². The highest BCUT2D eigenvalue weighted by molar-refractivity contribution is 5.70. The van der Waals surface area contributed by atoms with Crippen molar-refractivity contribution in [3.8, 4) is 0 Å². The van der Waals surface area contributed by atoms with E-state index >= 15 is 0 Å². The lowest BCUT2D eigenvalue weighted by molar-refractivity contribution is -0.140. The van der Waals surface area contributed by atoms with Gasteiger partial charge < -0.3 is 4.74 Å². The first-order valence-electron chi connectivity index (χ1n) is 4.62.